The Morgan fingerprint density at radius 1 is 1.31 bits per heavy atom. The average Bonchev–Trinajstić information content (AvgIpc) is 2.52. The molecule has 1 aromatic rings. The molecule has 1 heteroatoms. The van der Waals surface area contributed by atoms with Crippen LogP contribution in [0.15, 0.2) is 17.8 Å². The van der Waals surface area contributed by atoms with Crippen LogP contribution in [-0.2, 0) is 6.42 Å². The van der Waals surface area contributed by atoms with Crippen molar-refractivity contribution >= 4 is 6.08 Å². The number of fused-ring (bicyclic) bond motifs is 1. The summed E-state index contributed by atoms with van der Waals surface area (Å²) in [4.78, 5) is 3.23. The van der Waals surface area contributed by atoms with E-state index in [1.807, 2.05) is 6.20 Å². The summed E-state index contributed by atoms with van der Waals surface area (Å²) in [5.74, 6) is 0. The van der Waals surface area contributed by atoms with Crippen LogP contribution < -0.4 is 0 Å². The van der Waals surface area contributed by atoms with E-state index in [1.165, 1.54) is 36.1 Å². The number of aromatic amines is 1. The molecule has 1 heterocycles. The van der Waals surface area contributed by atoms with Gasteiger partial charge in [0.25, 0.3) is 0 Å². The average molecular weight is 177 g/mol. The summed E-state index contributed by atoms with van der Waals surface area (Å²) in [5, 5.41) is 0. The van der Waals surface area contributed by atoms with Gasteiger partial charge in [-0.25, -0.2) is 0 Å². The van der Waals surface area contributed by atoms with Crippen LogP contribution in [0.3, 0.4) is 0 Å². The summed E-state index contributed by atoms with van der Waals surface area (Å²) in [5.41, 5.74) is 4.27. The molecule has 0 aliphatic heterocycles. The topological polar surface area (TPSA) is 15.8 Å². The highest BCUT2D eigenvalue weighted by Crippen LogP contribution is 2.21. The third kappa shape index (κ3) is 2.76. The van der Waals surface area contributed by atoms with E-state index in [-0.39, 0.29) is 0 Å². The van der Waals surface area contributed by atoms with Crippen molar-refractivity contribution in [2.24, 2.45) is 0 Å². The number of aryl methyl sites for hydroxylation is 1. The van der Waals surface area contributed by atoms with Crippen LogP contribution in [-0.4, -0.2) is 4.98 Å². The van der Waals surface area contributed by atoms with E-state index in [4.69, 9.17) is 0 Å². The molecule has 0 amide bonds. The van der Waals surface area contributed by atoms with Gasteiger partial charge in [0.05, 0.1) is 0 Å². The van der Waals surface area contributed by atoms with E-state index >= 15 is 0 Å². The molecule has 1 aliphatic rings. The largest absolute Gasteiger partial charge is 0.364 e. The first-order valence-electron chi connectivity index (χ1n) is 5.11. The third-order valence-corrected chi connectivity index (χ3v) is 2.04. The summed E-state index contributed by atoms with van der Waals surface area (Å²) < 4.78 is 0. The zero-order valence-corrected chi connectivity index (χ0v) is 8.85. The highest BCUT2D eigenvalue weighted by Gasteiger charge is 2.06. The summed E-state index contributed by atoms with van der Waals surface area (Å²) >= 11 is 0. The second-order valence-corrected chi connectivity index (χ2v) is 3.61. The Bertz CT molecular complexity index is 281. The number of aromatic nitrogens is 1. The molecule has 0 spiro atoms. The zero-order chi connectivity index (χ0) is 9.68. The SMILES string of the molecule is CC1=Cc2cc[nH]c2CC1.CCC. The molecule has 0 unspecified atom stereocenters. The van der Waals surface area contributed by atoms with Gasteiger partial charge in [-0.05, 0) is 31.4 Å². The van der Waals surface area contributed by atoms with Crippen LogP contribution in [0.5, 0.6) is 0 Å². The lowest BCUT2D eigenvalue weighted by molar-refractivity contribution is 0.898. The molecular formula is C12H19N. The van der Waals surface area contributed by atoms with Gasteiger partial charge >= 0.3 is 0 Å². The molecule has 0 saturated carbocycles. The number of H-pyrrole nitrogens is 1. The fourth-order valence-electron chi connectivity index (χ4n) is 1.43. The lowest BCUT2D eigenvalue weighted by Crippen LogP contribution is -1.94. The van der Waals surface area contributed by atoms with Gasteiger partial charge in [0.2, 0.25) is 0 Å². The van der Waals surface area contributed by atoms with Crippen molar-refractivity contribution in [3.63, 3.8) is 0 Å². The number of nitrogens with one attached hydrogen (secondary N) is 1. The van der Waals surface area contributed by atoms with Crippen molar-refractivity contribution in [1.82, 2.24) is 4.98 Å². The van der Waals surface area contributed by atoms with Crippen molar-refractivity contribution in [2.45, 2.75) is 40.0 Å². The number of hydrogen-bond donors (Lipinski definition) is 1. The Labute approximate surface area is 80.9 Å². The first-order chi connectivity index (χ1) is 6.27. The minimum absolute atomic E-state index is 1.19. The van der Waals surface area contributed by atoms with E-state index < -0.39 is 0 Å². The molecule has 1 aliphatic carbocycles. The van der Waals surface area contributed by atoms with Crippen LogP contribution in [0.4, 0.5) is 0 Å². The van der Waals surface area contributed by atoms with E-state index in [1.54, 1.807) is 0 Å². The molecule has 0 bridgehead atoms. The van der Waals surface area contributed by atoms with Crippen molar-refractivity contribution < 1.29 is 0 Å². The van der Waals surface area contributed by atoms with Crippen LogP contribution >= 0.6 is 0 Å². The lowest BCUT2D eigenvalue weighted by atomic mass is 9.99. The number of hydrogen-bond acceptors (Lipinski definition) is 0. The van der Waals surface area contributed by atoms with E-state index in [0.29, 0.717) is 0 Å². The third-order valence-electron chi connectivity index (χ3n) is 2.04. The number of rotatable bonds is 0. The molecule has 1 N–H and O–H groups in total. The van der Waals surface area contributed by atoms with E-state index in [9.17, 15) is 0 Å². The molecule has 0 saturated heterocycles. The van der Waals surface area contributed by atoms with Crippen molar-refractivity contribution in [3.8, 4) is 0 Å². The quantitative estimate of drug-likeness (QED) is 0.620. The Hall–Kier alpha value is -0.980. The number of allylic oxidation sites excluding steroid dienone is 1. The van der Waals surface area contributed by atoms with E-state index in [2.05, 4.69) is 37.9 Å². The maximum Gasteiger partial charge on any atom is 0.0223 e. The van der Waals surface area contributed by atoms with Gasteiger partial charge in [-0.2, -0.15) is 0 Å². The van der Waals surface area contributed by atoms with Crippen molar-refractivity contribution in [2.75, 3.05) is 0 Å². The van der Waals surface area contributed by atoms with Crippen LogP contribution in [0.25, 0.3) is 6.08 Å². The molecule has 1 nitrogen and oxygen atoms in total. The van der Waals surface area contributed by atoms with Crippen molar-refractivity contribution in [1.29, 1.82) is 0 Å². The van der Waals surface area contributed by atoms with E-state index in [0.717, 1.165) is 0 Å². The van der Waals surface area contributed by atoms with Crippen LogP contribution in [0, 0.1) is 0 Å². The van der Waals surface area contributed by atoms with Gasteiger partial charge in [0.1, 0.15) is 0 Å². The predicted molar refractivity (Wildman–Crippen MR) is 58.7 cm³/mol. The van der Waals surface area contributed by atoms with Gasteiger partial charge in [-0.15, -0.1) is 0 Å². The molecule has 2 rings (SSSR count). The van der Waals surface area contributed by atoms with Gasteiger partial charge in [-0.1, -0.05) is 31.9 Å². The van der Waals surface area contributed by atoms with Crippen LogP contribution in [0.1, 0.15) is 44.9 Å². The summed E-state index contributed by atoms with van der Waals surface area (Å²) in [7, 11) is 0. The Kier molecular flexibility index (Phi) is 3.81. The molecule has 0 radical (unpaired) electrons. The maximum atomic E-state index is 3.23. The van der Waals surface area contributed by atoms with Gasteiger partial charge < -0.3 is 4.98 Å². The Balaban J connectivity index is 0.000000251. The minimum Gasteiger partial charge on any atom is -0.364 e. The fraction of sp³-hybridized carbons (Fsp3) is 0.500. The smallest absolute Gasteiger partial charge is 0.0223 e. The second-order valence-electron chi connectivity index (χ2n) is 3.61. The zero-order valence-electron chi connectivity index (χ0n) is 8.85. The standard InChI is InChI=1S/C9H11N.C3H8/c1-7-2-3-9-8(6-7)4-5-10-9;1-3-2/h4-6,10H,2-3H2,1H3;3H2,1-2H3. The maximum absolute atomic E-state index is 3.23. The first-order valence-corrected chi connectivity index (χ1v) is 5.11. The lowest BCUT2D eigenvalue weighted by Gasteiger charge is -2.08. The molecule has 72 valence electrons. The van der Waals surface area contributed by atoms with Crippen LogP contribution in [0.2, 0.25) is 0 Å². The highest BCUT2D eigenvalue weighted by atomic mass is 14.7. The molecule has 0 atom stereocenters. The van der Waals surface area contributed by atoms with Gasteiger partial charge in [0.15, 0.2) is 0 Å². The van der Waals surface area contributed by atoms with Gasteiger partial charge in [-0.3, -0.25) is 0 Å². The first kappa shape index (κ1) is 10.1. The molecule has 0 fully saturated rings. The fourth-order valence-corrected chi connectivity index (χ4v) is 1.43. The molecule has 13 heavy (non-hydrogen) atoms. The van der Waals surface area contributed by atoms with Crippen molar-refractivity contribution in [3.05, 3.63) is 29.1 Å². The second kappa shape index (κ2) is 4.90. The monoisotopic (exact) mass is 177 g/mol. The normalized spacial score (nSPS) is 13.9. The molecular weight excluding hydrogens is 158 g/mol. The Morgan fingerprint density at radius 3 is 2.69 bits per heavy atom. The minimum atomic E-state index is 1.19. The Morgan fingerprint density at radius 2 is 2.00 bits per heavy atom. The van der Waals surface area contributed by atoms with Gasteiger partial charge in [0, 0.05) is 11.9 Å². The molecule has 0 aromatic carbocycles. The summed E-state index contributed by atoms with van der Waals surface area (Å²) in [6.45, 7) is 6.44. The molecule has 1 aromatic heterocycles. The predicted octanol–water partition coefficient (Wildman–Crippen LogP) is 3.78. The summed E-state index contributed by atoms with van der Waals surface area (Å²) in [6, 6.07) is 2.14. The summed E-state index contributed by atoms with van der Waals surface area (Å²) in [6.07, 6.45) is 7.92. The highest BCUT2D eigenvalue weighted by molar-refractivity contribution is 5.57.